The molecule has 0 bridgehead atoms. The van der Waals surface area contributed by atoms with Gasteiger partial charge in [-0.25, -0.2) is 0 Å². The average Bonchev–Trinajstić information content (AvgIpc) is 2.93. The van der Waals surface area contributed by atoms with Crippen LogP contribution in [0.2, 0.25) is 5.02 Å². The number of hydrogen-bond acceptors (Lipinski definition) is 3. The van der Waals surface area contributed by atoms with E-state index in [0.717, 1.165) is 37.2 Å². The van der Waals surface area contributed by atoms with Gasteiger partial charge in [0.15, 0.2) is 0 Å². The molecule has 1 N–H and O–H groups in total. The van der Waals surface area contributed by atoms with Crippen LogP contribution in [0.4, 0.5) is 5.69 Å². The lowest BCUT2D eigenvalue weighted by molar-refractivity contribution is 0.199. The topological polar surface area (TPSA) is 24.5 Å². The summed E-state index contributed by atoms with van der Waals surface area (Å²) in [6.07, 6.45) is 3.93. The molecule has 1 atom stereocenters. The zero-order chi connectivity index (χ0) is 15.1. The number of ether oxygens (including phenoxy) is 1. The molecule has 0 aromatic heterocycles. The fourth-order valence-corrected chi connectivity index (χ4v) is 3.29. The number of anilines is 1. The molecule has 0 radical (unpaired) electrons. The van der Waals surface area contributed by atoms with Gasteiger partial charge in [0.25, 0.3) is 0 Å². The van der Waals surface area contributed by atoms with Crippen molar-refractivity contribution in [3.8, 4) is 0 Å². The third-order valence-corrected chi connectivity index (χ3v) is 4.40. The Morgan fingerprint density at radius 2 is 2.29 bits per heavy atom. The minimum Gasteiger partial charge on any atom is -0.383 e. The summed E-state index contributed by atoms with van der Waals surface area (Å²) in [5.41, 5.74) is 2.62. The largest absolute Gasteiger partial charge is 0.383 e. The van der Waals surface area contributed by atoms with Gasteiger partial charge < -0.3 is 15.0 Å². The Balaban J connectivity index is 2.01. The lowest BCUT2D eigenvalue weighted by atomic mass is 10.0. The highest BCUT2D eigenvalue weighted by Gasteiger charge is 2.23. The van der Waals surface area contributed by atoms with Crippen LogP contribution in [0.5, 0.6) is 0 Å². The number of hydrogen-bond donors (Lipinski definition) is 1. The van der Waals surface area contributed by atoms with E-state index >= 15 is 0 Å². The van der Waals surface area contributed by atoms with Gasteiger partial charge in [0.2, 0.25) is 0 Å². The Bertz CT molecular complexity index is 439. The highest BCUT2D eigenvalue weighted by atomic mass is 35.5. The van der Waals surface area contributed by atoms with Crippen molar-refractivity contribution in [2.45, 2.75) is 32.7 Å². The van der Waals surface area contributed by atoms with Crippen molar-refractivity contribution in [1.82, 2.24) is 5.32 Å². The number of halogens is 1. The molecule has 1 aromatic rings. The second kappa shape index (κ2) is 8.62. The number of nitrogens with zero attached hydrogens (tertiary/aromatic N) is 1. The zero-order valence-electron chi connectivity index (χ0n) is 13.2. The van der Waals surface area contributed by atoms with Crippen molar-refractivity contribution in [2.24, 2.45) is 5.92 Å². The third kappa shape index (κ3) is 4.87. The Kier molecular flexibility index (Phi) is 6.81. The summed E-state index contributed by atoms with van der Waals surface area (Å²) >= 11 is 6.17. The highest BCUT2D eigenvalue weighted by molar-refractivity contribution is 6.30. The van der Waals surface area contributed by atoms with E-state index in [4.69, 9.17) is 16.3 Å². The van der Waals surface area contributed by atoms with E-state index in [1.165, 1.54) is 37.1 Å². The molecule has 3 nitrogen and oxygen atoms in total. The average molecular weight is 311 g/mol. The number of rotatable bonds is 8. The van der Waals surface area contributed by atoms with Gasteiger partial charge >= 0.3 is 0 Å². The lowest BCUT2D eigenvalue weighted by Gasteiger charge is -2.23. The molecule has 0 aliphatic carbocycles. The minimum atomic E-state index is 0.734. The van der Waals surface area contributed by atoms with E-state index in [9.17, 15) is 0 Å². The normalized spacial score (nSPS) is 18.4. The number of benzene rings is 1. The molecule has 2 rings (SSSR count). The van der Waals surface area contributed by atoms with Gasteiger partial charge in [-0.1, -0.05) is 24.9 Å². The molecule has 1 fully saturated rings. The van der Waals surface area contributed by atoms with Crippen molar-refractivity contribution in [1.29, 1.82) is 0 Å². The molecule has 1 aliphatic rings. The van der Waals surface area contributed by atoms with E-state index in [-0.39, 0.29) is 0 Å². The first-order chi connectivity index (χ1) is 10.2. The monoisotopic (exact) mass is 310 g/mol. The van der Waals surface area contributed by atoms with Crippen LogP contribution in [0.15, 0.2) is 18.2 Å². The van der Waals surface area contributed by atoms with Crippen LogP contribution in [0, 0.1) is 5.92 Å². The van der Waals surface area contributed by atoms with Gasteiger partial charge in [0.05, 0.1) is 6.61 Å². The van der Waals surface area contributed by atoms with Crippen LogP contribution < -0.4 is 10.2 Å². The van der Waals surface area contributed by atoms with Crippen LogP contribution in [0.3, 0.4) is 0 Å². The smallest absolute Gasteiger partial charge is 0.0587 e. The van der Waals surface area contributed by atoms with Crippen molar-refractivity contribution in [3.05, 3.63) is 28.8 Å². The first kappa shape index (κ1) is 16.6. The van der Waals surface area contributed by atoms with E-state index in [1.54, 1.807) is 7.11 Å². The fourth-order valence-electron chi connectivity index (χ4n) is 3.10. The van der Waals surface area contributed by atoms with Crippen LogP contribution in [-0.2, 0) is 11.3 Å². The van der Waals surface area contributed by atoms with Gasteiger partial charge in [-0.2, -0.15) is 0 Å². The number of nitrogens with one attached hydrogen (secondary N) is 1. The summed E-state index contributed by atoms with van der Waals surface area (Å²) in [5, 5.41) is 4.23. The molecule has 1 unspecified atom stereocenters. The number of methoxy groups -OCH3 is 1. The first-order valence-electron chi connectivity index (χ1n) is 7.97. The molecule has 1 aromatic carbocycles. The van der Waals surface area contributed by atoms with Gasteiger partial charge in [-0.15, -0.1) is 0 Å². The maximum atomic E-state index is 6.17. The Morgan fingerprint density at radius 1 is 1.43 bits per heavy atom. The van der Waals surface area contributed by atoms with Crippen molar-refractivity contribution in [3.63, 3.8) is 0 Å². The molecule has 4 heteroatoms. The van der Waals surface area contributed by atoms with Crippen LogP contribution in [0.25, 0.3) is 0 Å². The molecule has 1 aliphatic heterocycles. The predicted molar refractivity (Wildman–Crippen MR) is 90.3 cm³/mol. The Labute approximate surface area is 133 Å². The Morgan fingerprint density at radius 3 is 3.05 bits per heavy atom. The molecule has 0 spiro atoms. The molecule has 21 heavy (non-hydrogen) atoms. The fraction of sp³-hybridized carbons (Fsp3) is 0.647. The van der Waals surface area contributed by atoms with Crippen molar-refractivity contribution in [2.75, 3.05) is 38.3 Å². The summed E-state index contributed by atoms with van der Waals surface area (Å²) < 4.78 is 5.08. The summed E-state index contributed by atoms with van der Waals surface area (Å²) in [5.74, 6) is 0.847. The first-order valence-corrected chi connectivity index (χ1v) is 8.35. The van der Waals surface area contributed by atoms with Crippen LogP contribution in [-0.4, -0.2) is 33.4 Å². The van der Waals surface area contributed by atoms with E-state index in [0.29, 0.717) is 0 Å². The second-order valence-electron chi connectivity index (χ2n) is 5.83. The summed E-state index contributed by atoms with van der Waals surface area (Å²) in [6, 6.07) is 6.26. The molecular weight excluding hydrogens is 284 g/mol. The van der Waals surface area contributed by atoms with Gasteiger partial charge in [0.1, 0.15) is 0 Å². The lowest BCUT2D eigenvalue weighted by Crippen LogP contribution is -2.24. The van der Waals surface area contributed by atoms with Crippen LogP contribution in [0.1, 0.15) is 31.7 Å². The van der Waals surface area contributed by atoms with Gasteiger partial charge in [0, 0.05) is 44.0 Å². The summed E-state index contributed by atoms with van der Waals surface area (Å²) in [4.78, 5) is 2.52. The molecule has 1 heterocycles. The molecule has 118 valence electrons. The Hall–Kier alpha value is -0.770. The highest BCUT2D eigenvalue weighted by Crippen LogP contribution is 2.30. The van der Waals surface area contributed by atoms with Gasteiger partial charge in [-0.05, 0) is 42.5 Å². The summed E-state index contributed by atoms with van der Waals surface area (Å²) in [7, 11) is 1.73. The van der Waals surface area contributed by atoms with Crippen molar-refractivity contribution >= 4 is 17.3 Å². The zero-order valence-corrected chi connectivity index (χ0v) is 14.0. The molecule has 0 amide bonds. The molecule has 1 saturated heterocycles. The predicted octanol–water partition coefficient (Wildman–Crippen LogP) is 3.70. The minimum absolute atomic E-state index is 0.734. The summed E-state index contributed by atoms with van der Waals surface area (Å²) in [6.45, 7) is 7.06. The maximum absolute atomic E-state index is 6.17. The van der Waals surface area contributed by atoms with E-state index in [2.05, 4.69) is 29.3 Å². The molecule has 0 saturated carbocycles. The standard InChI is InChI=1S/C17H27ClN2O/c1-3-4-14-7-9-20(13-14)17-6-5-16(18)11-15(17)12-19-8-10-21-2/h5-6,11,14,19H,3-4,7-10,12-13H2,1-2H3. The SMILES string of the molecule is CCCC1CCN(c2ccc(Cl)cc2CNCCOC)C1. The molecular formula is C17H27ClN2O. The third-order valence-electron chi connectivity index (χ3n) is 4.16. The van der Waals surface area contributed by atoms with Crippen LogP contribution >= 0.6 is 11.6 Å². The van der Waals surface area contributed by atoms with E-state index < -0.39 is 0 Å². The maximum Gasteiger partial charge on any atom is 0.0587 e. The van der Waals surface area contributed by atoms with E-state index in [1.807, 2.05) is 6.07 Å². The van der Waals surface area contributed by atoms with Crippen molar-refractivity contribution < 1.29 is 4.74 Å². The quantitative estimate of drug-likeness (QED) is 0.741. The second-order valence-corrected chi connectivity index (χ2v) is 6.27. The van der Waals surface area contributed by atoms with Gasteiger partial charge in [-0.3, -0.25) is 0 Å².